The van der Waals surface area contributed by atoms with Crippen LogP contribution < -0.4 is 0 Å². The quantitative estimate of drug-likeness (QED) is 0.792. The van der Waals surface area contributed by atoms with E-state index < -0.39 is 5.82 Å². The number of hydrogen-bond donors (Lipinski definition) is 1. The summed E-state index contributed by atoms with van der Waals surface area (Å²) in [4.78, 5) is 8.05. The third-order valence-electron chi connectivity index (χ3n) is 2.76. The van der Waals surface area contributed by atoms with Crippen molar-refractivity contribution < 1.29 is 14.0 Å². The normalized spacial score (nSPS) is 10.7. The fourth-order valence-electron chi connectivity index (χ4n) is 1.76. The van der Waals surface area contributed by atoms with Gasteiger partial charge < -0.3 is 9.63 Å². The number of hydrogen-bond acceptors (Lipinski definition) is 5. The summed E-state index contributed by atoms with van der Waals surface area (Å²) >= 11 is 0. The van der Waals surface area contributed by atoms with E-state index in [1.165, 1.54) is 12.1 Å². The molecule has 0 saturated heterocycles. The van der Waals surface area contributed by atoms with Gasteiger partial charge in [0.15, 0.2) is 0 Å². The second kappa shape index (κ2) is 5.08. The molecule has 3 rings (SSSR count). The Morgan fingerprint density at radius 1 is 1.15 bits per heavy atom. The lowest BCUT2D eigenvalue weighted by Gasteiger charge is -1.99. The van der Waals surface area contributed by atoms with Gasteiger partial charge in [-0.1, -0.05) is 23.4 Å². The van der Waals surface area contributed by atoms with E-state index in [0.29, 0.717) is 23.6 Å². The highest BCUT2D eigenvalue weighted by Crippen LogP contribution is 2.20. The Balaban J connectivity index is 1.84. The largest absolute Gasteiger partial charge is 0.508 e. The minimum Gasteiger partial charge on any atom is -0.508 e. The summed E-state index contributed by atoms with van der Waals surface area (Å²) in [6.45, 7) is 0. The SMILES string of the molecule is Oc1ccccc1Cc1nc(-c2ccc(F)cn2)no1. The summed E-state index contributed by atoms with van der Waals surface area (Å²) in [6, 6.07) is 9.67. The van der Waals surface area contributed by atoms with E-state index in [1.54, 1.807) is 18.2 Å². The first kappa shape index (κ1) is 12.3. The van der Waals surface area contributed by atoms with E-state index in [-0.39, 0.29) is 11.6 Å². The van der Waals surface area contributed by atoms with Crippen LogP contribution in [0, 0.1) is 5.82 Å². The molecule has 0 amide bonds. The van der Waals surface area contributed by atoms with Gasteiger partial charge in [-0.05, 0) is 18.2 Å². The van der Waals surface area contributed by atoms with E-state index >= 15 is 0 Å². The number of nitrogens with zero attached hydrogens (tertiary/aromatic N) is 3. The van der Waals surface area contributed by atoms with Crippen molar-refractivity contribution in [1.82, 2.24) is 15.1 Å². The maximum absolute atomic E-state index is 12.8. The lowest BCUT2D eigenvalue weighted by Crippen LogP contribution is -1.90. The van der Waals surface area contributed by atoms with Crippen LogP contribution in [-0.2, 0) is 6.42 Å². The Bertz CT molecular complexity index is 725. The Hall–Kier alpha value is -2.76. The summed E-state index contributed by atoms with van der Waals surface area (Å²) in [5, 5.41) is 13.5. The molecular weight excluding hydrogens is 261 g/mol. The fourth-order valence-corrected chi connectivity index (χ4v) is 1.76. The topological polar surface area (TPSA) is 72.0 Å². The van der Waals surface area contributed by atoms with Gasteiger partial charge >= 0.3 is 0 Å². The van der Waals surface area contributed by atoms with Gasteiger partial charge in [0.2, 0.25) is 11.7 Å². The summed E-state index contributed by atoms with van der Waals surface area (Å²) < 4.78 is 17.9. The van der Waals surface area contributed by atoms with Crippen molar-refractivity contribution in [3.05, 3.63) is 59.9 Å². The molecule has 0 aliphatic rings. The smallest absolute Gasteiger partial charge is 0.231 e. The molecule has 1 aromatic carbocycles. The number of para-hydroxylation sites is 1. The van der Waals surface area contributed by atoms with Crippen LogP contribution in [0.2, 0.25) is 0 Å². The molecule has 100 valence electrons. The molecule has 3 aromatic rings. The molecule has 6 heteroatoms. The van der Waals surface area contributed by atoms with Crippen LogP contribution in [0.5, 0.6) is 5.75 Å². The van der Waals surface area contributed by atoms with Crippen LogP contribution in [0.15, 0.2) is 47.1 Å². The Kier molecular flexibility index (Phi) is 3.12. The number of rotatable bonds is 3. The van der Waals surface area contributed by atoms with Crippen molar-refractivity contribution in [2.24, 2.45) is 0 Å². The van der Waals surface area contributed by atoms with Crippen molar-refractivity contribution in [2.45, 2.75) is 6.42 Å². The Morgan fingerprint density at radius 3 is 2.75 bits per heavy atom. The zero-order valence-corrected chi connectivity index (χ0v) is 10.3. The second-order valence-corrected chi connectivity index (χ2v) is 4.18. The Labute approximate surface area is 113 Å². The van der Waals surface area contributed by atoms with Crippen LogP contribution in [-0.4, -0.2) is 20.2 Å². The lowest BCUT2D eigenvalue weighted by molar-refractivity contribution is 0.383. The maximum atomic E-state index is 12.8. The molecule has 2 aromatic heterocycles. The predicted molar refractivity (Wildman–Crippen MR) is 68.4 cm³/mol. The van der Waals surface area contributed by atoms with E-state index in [9.17, 15) is 9.50 Å². The summed E-state index contributed by atoms with van der Waals surface area (Å²) in [5.74, 6) is 0.391. The molecule has 0 spiro atoms. The lowest BCUT2D eigenvalue weighted by atomic mass is 10.1. The molecule has 5 nitrogen and oxygen atoms in total. The third kappa shape index (κ3) is 2.49. The van der Waals surface area contributed by atoms with E-state index in [4.69, 9.17) is 4.52 Å². The number of benzene rings is 1. The van der Waals surface area contributed by atoms with Crippen LogP contribution in [0.3, 0.4) is 0 Å². The van der Waals surface area contributed by atoms with Gasteiger partial charge in [-0.2, -0.15) is 4.98 Å². The monoisotopic (exact) mass is 271 g/mol. The number of phenols is 1. The Morgan fingerprint density at radius 2 is 2.00 bits per heavy atom. The van der Waals surface area contributed by atoms with Crippen molar-refractivity contribution in [3.8, 4) is 17.3 Å². The maximum Gasteiger partial charge on any atom is 0.231 e. The highest BCUT2D eigenvalue weighted by atomic mass is 19.1. The molecule has 0 aliphatic carbocycles. The van der Waals surface area contributed by atoms with Gasteiger partial charge in [-0.15, -0.1) is 0 Å². The van der Waals surface area contributed by atoms with Gasteiger partial charge in [0.05, 0.1) is 12.6 Å². The first-order valence-electron chi connectivity index (χ1n) is 5.94. The van der Waals surface area contributed by atoms with Crippen LogP contribution in [0.4, 0.5) is 4.39 Å². The first-order chi connectivity index (χ1) is 9.72. The average molecular weight is 271 g/mol. The van der Waals surface area contributed by atoms with Crippen LogP contribution in [0.25, 0.3) is 11.5 Å². The minimum absolute atomic E-state index is 0.173. The first-order valence-corrected chi connectivity index (χ1v) is 5.94. The predicted octanol–water partition coefficient (Wildman–Crippen LogP) is 2.57. The van der Waals surface area contributed by atoms with Crippen molar-refractivity contribution in [2.75, 3.05) is 0 Å². The van der Waals surface area contributed by atoms with Gasteiger partial charge in [-0.3, -0.25) is 0 Å². The van der Waals surface area contributed by atoms with Crippen molar-refractivity contribution in [1.29, 1.82) is 0 Å². The number of aromatic nitrogens is 3. The standard InChI is InChI=1S/C14H10FN3O2/c15-10-5-6-11(16-8-10)14-17-13(20-18-14)7-9-3-1-2-4-12(9)19/h1-6,8,19H,7H2. The summed E-state index contributed by atoms with van der Waals surface area (Å²) in [5.41, 5.74) is 1.12. The highest BCUT2D eigenvalue weighted by Gasteiger charge is 2.11. The number of phenolic OH excluding ortho intramolecular Hbond substituents is 1. The van der Waals surface area contributed by atoms with Gasteiger partial charge in [0.1, 0.15) is 17.3 Å². The van der Waals surface area contributed by atoms with Crippen molar-refractivity contribution >= 4 is 0 Å². The third-order valence-corrected chi connectivity index (χ3v) is 2.76. The molecule has 2 heterocycles. The number of aromatic hydroxyl groups is 1. The molecule has 0 bridgehead atoms. The van der Waals surface area contributed by atoms with Gasteiger partial charge in [0.25, 0.3) is 0 Å². The molecule has 0 unspecified atom stereocenters. The minimum atomic E-state index is -0.424. The molecular formula is C14H10FN3O2. The number of halogens is 1. The average Bonchev–Trinajstić information content (AvgIpc) is 2.91. The second-order valence-electron chi connectivity index (χ2n) is 4.18. The molecule has 0 atom stereocenters. The highest BCUT2D eigenvalue weighted by molar-refractivity contribution is 5.47. The molecule has 0 fully saturated rings. The zero-order chi connectivity index (χ0) is 13.9. The molecule has 0 radical (unpaired) electrons. The van der Waals surface area contributed by atoms with E-state index in [0.717, 1.165) is 6.20 Å². The molecule has 20 heavy (non-hydrogen) atoms. The van der Waals surface area contributed by atoms with Gasteiger partial charge in [0, 0.05) is 5.56 Å². The molecule has 0 saturated carbocycles. The molecule has 0 aliphatic heterocycles. The van der Waals surface area contributed by atoms with E-state index in [1.807, 2.05) is 6.07 Å². The van der Waals surface area contributed by atoms with Crippen LogP contribution in [0.1, 0.15) is 11.5 Å². The van der Waals surface area contributed by atoms with Gasteiger partial charge in [-0.25, -0.2) is 9.37 Å². The summed E-state index contributed by atoms with van der Waals surface area (Å²) in [7, 11) is 0. The fraction of sp³-hybridized carbons (Fsp3) is 0.0714. The van der Waals surface area contributed by atoms with Crippen molar-refractivity contribution in [3.63, 3.8) is 0 Å². The zero-order valence-electron chi connectivity index (χ0n) is 10.3. The van der Waals surface area contributed by atoms with E-state index in [2.05, 4.69) is 15.1 Å². The summed E-state index contributed by atoms with van der Waals surface area (Å²) in [6.07, 6.45) is 1.41. The van der Waals surface area contributed by atoms with Crippen LogP contribution >= 0.6 is 0 Å². The molecule has 1 N–H and O–H groups in total. The number of pyridine rings is 1.